The van der Waals surface area contributed by atoms with Crippen LogP contribution in [0.4, 0.5) is 0 Å². The Bertz CT molecular complexity index is 532. The molecule has 1 N–H and O–H groups in total. The highest BCUT2D eigenvalue weighted by atomic mass is 16.5. The average Bonchev–Trinajstić information content (AvgIpc) is 2.48. The largest absolute Gasteiger partial charge is 0.494 e. The van der Waals surface area contributed by atoms with E-state index >= 15 is 0 Å². The minimum atomic E-state index is -1.14. The van der Waals surface area contributed by atoms with E-state index in [1.807, 2.05) is 13.0 Å². The number of aliphatic hydroxyl groups excluding tert-OH is 1. The molecule has 0 amide bonds. The summed E-state index contributed by atoms with van der Waals surface area (Å²) in [6.07, 6.45) is -1.14. The van der Waals surface area contributed by atoms with Crippen LogP contribution in [0.5, 0.6) is 5.75 Å². The number of carbonyl (C=O) groups excluding carboxylic acids is 1. The Labute approximate surface area is 112 Å². The minimum Gasteiger partial charge on any atom is -0.494 e. The van der Waals surface area contributed by atoms with Gasteiger partial charge >= 0.3 is 0 Å². The molecule has 0 saturated carbocycles. The van der Waals surface area contributed by atoms with Gasteiger partial charge in [0, 0.05) is 5.56 Å². The Kier molecular flexibility index (Phi) is 4.31. The molecule has 0 saturated heterocycles. The monoisotopic (exact) mass is 256 g/mol. The topological polar surface area (TPSA) is 46.5 Å². The molecule has 2 aromatic rings. The molecule has 3 nitrogen and oxygen atoms in total. The summed E-state index contributed by atoms with van der Waals surface area (Å²) in [5.41, 5.74) is 1.07. The Hall–Kier alpha value is -2.13. The third-order valence-corrected chi connectivity index (χ3v) is 2.81. The summed E-state index contributed by atoms with van der Waals surface area (Å²) in [7, 11) is 0. The van der Waals surface area contributed by atoms with E-state index in [4.69, 9.17) is 4.74 Å². The smallest absolute Gasteiger partial charge is 0.195 e. The number of aliphatic hydroxyl groups is 1. The van der Waals surface area contributed by atoms with E-state index in [2.05, 4.69) is 0 Å². The van der Waals surface area contributed by atoms with Crippen LogP contribution in [0.15, 0.2) is 54.6 Å². The molecule has 2 aromatic carbocycles. The first-order chi connectivity index (χ1) is 9.22. The van der Waals surface area contributed by atoms with Crippen molar-refractivity contribution in [1.82, 2.24) is 0 Å². The Balaban J connectivity index is 2.15. The summed E-state index contributed by atoms with van der Waals surface area (Å²) in [4.78, 5) is 12.1. The quantitative estimate of drug-likeness (QED) is 0.836. The third-order valence-electron chi connectivity index (χ3n) is 2.81. The van der Waals surface area contributed by atoms with E-state index in [0.29, 0.717) is 17.7 Å². The van der Waals surface area contributed by atoms with Crippen molar-refractivity contribution in [2.24, 2.45) is 0 Å². The summed E-state index contributed by atoms with van der Waals surface area (Å²) in [6.45, 7) is 2.49. The van der Waals surface area contributed by atoms with Crippen molar-refractivity contribution in [3.05, 3.63) is 65.7 Å². The Morgan fingerprint density at radius 2 is 1.74 bits per heavy atom. The molecule has 0 aliphatic rings. The van der Waals surface area contributed by atoms with Crippen LogP contribution in [0, 0.1) is 0 Å². The molecule has 0 aliphatic heterocycles. The first kappa shape index (κ1) is 13.3. The van der Waals surface area contributed by atoms with Gasteiger partial charge in [-0.15, -0.1) is 0 Å². The van der Waals surface area contributed by atoms with Crippen LogP contribution in [0.1, 0.15) is 28.9 Å². The highest BCUT2D eigenvalue weighted by Gasteiger charge is 2.18. The van der Waals surface area contributed by atoms with Crippen molar-refractivity contribution in [2.75, 3.05) is 6.61 Å². The zero-order chi connectivity index (χ0) is 13.7. The van der Waals surface area contributed by atoms with Crippen LogP contribution in [0.3, 0.4) is 0 Å². The standard InChI is InChI=1S/C16H16O3/c1-2-19-14-10-8-13(9-11-14)16(18)15(17)12-6-4-3-5-7-12/h3-11,16,18H,2H2,1H3. The number of rotatable bonds is 5. The summed E-state index contributed by atoms with van der Waals surface area (Å²) < 4.78 is 5.32. The van der Waals surface area contributed by atoms with Crippen molar-refractivity contribution < 1.29 is 14.6 Å². The highest BCUT2D eigenvalue weighted by molar-refractivity contribution is 5.99. The SMILES string of the molecule is CCOc1ccc(C(O)C(=O)c2ccccc2)cc1. The van der Waals surface area contributed by atoms with E-state index in [-0.39, 0.29) is 5.78 Å². The molecule has 0 fully saturated rings. The maximum absolute atomic E-state index is 12.1. The van der Waals surface area contributed by atoms with E-state index in [1.54, 1.807) is 48.5 Å². The molecule has 19 heavy (non-hydrogen) atoms. The molecule has 0 aromatic heterocycles. The van der Waals surface area contributed by atoms with E-state index in [9.17, 15) is 9.90 Å². The molecule has 0 radical (unpaired) electrons. The lowest BCUT2D eigenvalue weighted by Crippen LogP contribution is -2.12. The predicted octanol–water partition coefficient (Wildman–Crippen LogP) is 3.00. The average molecular weight is 256 g/mol. The van der Waals surface area contributed by atoms with Crippen molar-refractivity contribution in [3.8, 4) is 5.75 Å². The van der Waals surface area contributed by atoms with Crippen molar-refractivity contribution >= 4 is 5.78 Å². The minimum absolute atomic E-state index is 0.301. The fourth-order valence-corrected chi connectivity index (χ4v) is 1.82. The Morgan fingerprint density at radius 1 is 1.11 bits per heavy atom. The normalized spacial score (nSPS) is 11.9. The lowest BCUT2D eigenvalue weighted by molar-refractivity contribution is 0.0747. The third kappa shape index (κ3) is 3.20. The molecular formula is C16H16O3. The van der Waals surface area contributed by atoms with Gasteiger partial charge < -0.3 is 9.84 Å². The van der Waals surface area contributed by atoms with Crippen LogP contribution >= 0.6 is 0 Å². The van der Waals surface area contributed by atoms with Gasteiger partial charge in [-0.2, -0.15) is 0 Å². The number of carbonyl (C=O) groups is 1. The molecule has 0 aliphatic carbocycles. The van der Waals surface area contributed by atoms with E-state index in [1.165, 1.54) is 0 Å². The summed E-state index contributed by atoms with van der Waals surface area (Å²) in [5.74, 6) is 0.426. The van der Waals surface area contributed by atoms with Gasteiger partial charge in [-0.3, -0.25) is 4.79 Å². The van der Waals surface area contributed by atoms with Gasteiger partial charge in [0.25, 0.3) is 0 Å². The number of benzene rings is 2. The molecule has 3 heteroatoms. The van der Waals surface area contributed by atoms with Gasteiger partial charge in [-0.1, -0.05) is 42.5 Å². The van der Waals surface area contributed by atoms with Crippen LogP contribution in [-0.2, 0) is 0 Å². The lowest BCUT2D eigenvalue weighted by atomic mass is 10.00. The molecular weight excluding hydrogens is 240 g/mol. The van der Waals surface area contributed by atoms with Crippen molar-refractivity contribution in [1.29, 1.82) is 0 Å². The zero-order valence-electron chi connectivity index (χ0n) is 10.7. The summed E-state index contributed by atoms with van der Waals surface area (Å²) in [5, 5.41) is 10.1. The molecule has 2 rings (SSSR count). The second kappa shape index (κ2) is 6.16. The maximum atomic E-state index is 12.1. The summed E-state index contributed by atoms with van der Waals surface area (Å²) >= 11 is 0. The van der Waals surface area contributed by atoms with Crippen LogP contribution in [0.25, 0.3) is 0 Å². The van der Waals surface area contributed by atoms with Gasteiger partial charge in [0.2, 0.25) is 0 Å². The molecule has 1 atom stereocenters. The number of hydrogen-bond donors (Lipinski definition) is 1. The lowest BCUT2D eigenvalue weighted by Gasteiger charge is -2.11. The van der Waals surface area contributed by atoms with Gasteiger partial charge in [-0.05, 0) is 24.6 Å². The van der Waals surface area contributed by atoms with Crippen molar-refractivity contribution in [3.63, 3.8) is 0 Å². The molecule has 0 bridgehead atoms. The second-order valence-electron chi connectivity index (χ2n) is 4.13. The van der Waals surface area contributed by atoms with Gasteiger partial charge in [0.1, 0.15) is 11.9 Å². The van der Waals surface area contributed by atoms with E-state index in [0.717, 1.165) is 5.75 Å². The van der Waals surface area contributed by atoms with Crippen LogP contribution < -0.4 is 4.74 Å². The number of ether oxygens (including phenoxy) is 1. The molecule has 0 spiro atoms. The van der Waals surface area contributed by atoms with E-state index < -0.39 is 6.10 Å². The van der Waals surface area contributed by atoms with Gasteiger partial charge in [-0.25, -0.2) is 0 Å². The van der Waals surface area contributed by atoms with Gasteiger partial charge in [0.15, 0.2) is 5.78 Å². The van der Waals surface area contributed by atoms with Gasteiger partial charge in [0.05, 0.1) is 6.61 Å². The highest BCUT2D eigenvalue weighted by Crippen LogP contribution is 2.21. The van der Waals surface area contributed by atoms with Crippen LogP contribution in [-0.4, -0.2) is 17.5 Å². The molecule has 98 valence electrons. The number of hydrogen-bond acceptors (Lipinski definition) is 3. The predicted molar refractivity (Wildman–Crippen MR) is 73.3 cm³/mol. The maximum Gasteiger partial charge on any atom is 0.195 e. The first-order valence-electron chi connectivity index (χ1n) is 6.22. The molecule has 1 unspecified atom stereocenters. The first-order valence-corrected chi connectivity index (χ1v) is 6.22. The fraction of sp³-hybridized carbons (Fsp3) is 0.188. The molecule has 0 heterocycles. The second-order valence-corrected chi connectivity index (χ2v) is 4.13. The van der Waals surface area contributed by atoms with Crippen LogP contribution in [0.2, 0.25) is 0 Å². The summed E-state index contributed by atoms with van der Waals surface area (Å²) in [6, 6.07) is 15.7. The number of ketones is 1. The van der Waals surface area contributed by atoms with Crippen molar-refractivity contribution in [2.45, 2.75) is 13.0 Å². The Morgan fingerprint density at radius 3 is 2.32 bits per heavy atom. The number of Topliss-reactive ketones (excluding diaryl/α,β-unsaturated/α-hetero) is 1. The fourth-order valence-electron chi connectivity index (χ4n) is 1.82. The zero-order valence-corrected chi connectivity index (χ0v) is 10.7.